The molecule has 7 atom stereocenters. The maximum atomic E-state index is 14.2. The SMILES string of the molecule is CO[C@@H]1[C@H]2[C@H](N(C)C)C(=O)C(C(N)=O)C(=O)[C@@]2(O)C(=O)C2C(=O)c3c(O)c(NC(=O)CN(C)C)cc(N(C)C)c3C[C@H]21. The van der Waals surface area contributed by atoms with Crippen LogP contribution in [0.25, 0.3) is 0 Å². The number of phenols is 1. The minimum atomic E-state index is -2.95. The average Bonchev–Trinajstić information content (AvgIpc) is 2.86. The van der Waals surface area contributed by atoms with Gasteiger partial charge in [0.15, 0.2) is 34.7 Å². The van der Waals surface area contributed by atoms with Gasteiger partial charge in [-0.25, -0.2) is 0 Å². The van der Waals surface area contributed by atoms with E-state index in [0.29, 0.717) is 11.3 Å². The van der Waals surface area contributed by atoms with Crippen molar-refractivity contribution in [3.05, 3.63) is 17.2 Å². The van der Waals surface area contributed by atoms with Crippen LogP contribution in [0.4, 0.5) is 11.4 Å². The number of hydrogen-bond acceptors (Lipinski definition) is 12. The Bertz CT molecular complexity index is 1390. The molecule has 4 rings (SSSR count). The molecule has 3 aliphatic carbocycles. The molecule has 0 heterocycles. The van der Waals surface area contributed by atoms with E-state index >= 15 is 0 Å². The van der Waals surface area contributed by atoms with Gasteiger partial charge >= 0.3 is 0 Å². The first-order valence-electron chi connectivity index (χ1n) is 13.4. The summed E-state index contributed by atoms with van der Waals surface area (Å²) in [6.45, 7) is -0.0101. The van der Waals surface area contributed by atoms with E-state index in [4.69, 9.17) is 10.5 Å². The monoisotopic (exact) mass is 587 g/mol. The Balaban J connectivity index is 1.93. The Labute approximate surface area is 242 Å². The second-order valence-electron chi connectivity index (χ2n) is 11.9. The molecule has 0 bridgehead atoms. The molecule has 5 N–H and O–H groups in total. The number of ketones is 4. The summed E-state index contributed by atoms with van der Waals surface area (Å²) in [4.78, 5) is 84.8. The van der Waals surface area contributed by atoms with E-state index in [-0.39, 0.29) is 24.2 Å². The number of aromatic hydroxyl groups is 1. The molecule has 2 fully saturated rings. The molecule has 2 amide bonds. The number of Topliss-reactive ketones (excluding diaryl/α,β-unsaturated/α-hetero) is 4. The number of amides is 2. The summed E-state index contributed by atoms with van der Waals surface area (Å²) >= 11 is 0. The minimum Gasteiger partial charge on any atom is -0.505 e. The van der Waals surface area contributed by atoms with E-state index in [1.165, 1.54) is 32.2 Å². The van der Waals surface area contributed by atoms with Gasteiger partial charge in [0.25, 0.3) is 0 Å². The summed E-state index contributed by atoms with van der Waals surface area (Å²) in [7, 11) is 11.1. The second-order valence-corrected chi connectivity index (χ2v) is 11.9. The first-order valence-corrected chi connectivity index (χ1v) is 13.4. The Morgan fingerprint density at radius 1 is 1.10 bits per heavy atom. The van der Waals surface area contributed by atoms with Crippen molar-refractivity contribution in [2.75, 3.05) is 66.2 Å². The van der Waals surface area contributed by atoms with Crippen molar-refractivity contribution in [2.45, 2.75) is 24.2 Å². The van der Waals surface area contributed by atoms with Crippen LogP contribution < -0.4 is 16.0 Å². The zero-order valence-electron chi connectivity index (χ0n) is 24.6. The molecular weight excluding hydrogens is 550 g/mol. The fraction of sp³-hybridized carbons (Fsp3) is 0.571. The van der Waals surface area contributed by atoms with Crippen molar-refractivity contribution in [1.29, 1.82) is 0 Å². The highest BCUT2D eigenvalue weighted by molar-refractivity contribution is 6.32. The third kappa shape index (κ3) is 4.49. The van der Waals surface area contributed by atoms with Crippen molar-refractivity contribution in [3.63, 3.8) is 0 Å². The Morgan fingerprint density at radius 2 is 1.71 bits per heavy atom. The van der Waals surface area contributed by atoms with Crippen LogP contribution in [0.15, 0.2) is 6.07 Å². The molecule has 228 valence electrons. The van der Waals surface area contributed by atoms with Gasteiger partial charge in [-0.1, -0.05) is 0 Å². The van der Waals surface area contributed by atoms with Gasteiger partial charge in [-0.15, -0.1) is 0 Å². The van der Waals surface area contributed by atoms with Crippen LogP contribution in [0.2, 0.25) is 0 Å². The van der Waals surface area contributed by atoms with Crippen LogP contribution in [0.1, 0.15) is 15.9 Å². The number of carbonyl (C=O) groups is 6. The van der Waals surface area contributed by atoms with Crippen LogP contribution in [0, 0.1) is 23.7 Å². The van der Waals surface area contributed by atoms with Crippen LogP contribution >= 0.6 is 0 Å². The molecule has 3 aliphatic rings. The molecule has 1 aromatic carbocycles. The molecule has 2 unspecified atom stereocenters. The number of nitrogens with zero attached hydrogens (tertiary/aromatic N) is 3. The van der Waals surface area contributed by atoms with E-state index in [1.54, 1.807) is 38.0 Å². The predicted octanol–water partition coefficient (Wildman–Crippen LogP) is -1.94. The highest BCUT2D eigenvalue weighted by atomic mass is 16.5. The number of primary amides is 1. The Morgan fingerprint density at radius 3 is 2.21 bits per heavy atom. The summed E-state index contributed by atoms with van der Waals surface area (Å²) in [5, 5.41) is 25.8. The van der Waals surface area contributed by atoms with Crippen molar-refractivity contribution >= 4 is 46.3 Å². The summed E-state index contributed by atoms with van der Waals surface area (Å²) in [5.41, 5.74) is 3.00. The quantitative estimate of drug-likeness (QED) is 0.203. The Hall–Kier alpha value is -3.72. The summed E-state index contributed by atoms with van der Waals surface area (Å²) in [5.74, 6) is -12.8. The number of aliphatic hydroxyl groups is 1. The molecule has 2 saturated carbocycles. The number of rotatable bonds is 7. The molecule has 1 aromatic rings. The number of methoxy groups -OCH3 is 1. The van der Waals surface area contributed by atoms with Crippen LogP contribution in [-0.4, -0.2) is 129 Å². The van der Waals surface area contributed by atoms with Gasteiger partial charge in [0.1, 0.15) is 5.75 Å². The van der Waals surface area contributed by atoms with E-state index in [0.717, 1.165) is 0 Å². The van der Waals surface area contributed by atoms with E-state index in [2.05, 4.69) is 5.32 Å². The number of likely N-dealkylation sites (N-methyl/N-ethyl adjacent to an activating group) is 2. The molecule has 14 heteroatoms. The van der Waals surface area contributed by atoms with Gasteiger partial charge in [0, 0.05) is 32.8 Å². The van der Waals surface area contributed by atoms with E-state index < -0.39 is 82.1 Å². The first-order chi connectivity index (χ1) is 19.5. The molecule has 14 nitrogen and oxygen atoms in total. The van der Waals surface area contributed by atoms with Gasteiger partial charge in [-0.3, -0.25) is 33.7 Å². The number of anilines is 2. The highest BCUT2D eigenvalue weighted by Gasteiger charge is 2.72. The number of fused-ring (bicyclic) bond motifs is 3. The molecule has 0 spiro atoms. The second kappa shape index (κ2) is 10.8. The lowest BCUT2D eigenvalue weighted by Gasteiger charge is -2.55. The standard InChI is InChI=1S/C28H37N5O9/c1-31(2)10-15(34)30-13-9-14(32(3)4)11-8-12-17(22(36)16(11)21(13)35)25(38)28(41)19(24(12)42-7)20(33(5)6)23(37)18(26(28)39)27(29)40/h9,12,17-20,24,35,41H,8,10H2,1-7H3,(H2,29,40)(H,30,34)/t12-,17?,18?,19-,20+,24+,28+/m1/s1. The highest BCUT2D eigenvalue weighted by Crippen LogP contribution is 2.53. The van der Waals surface area contributed by atoms with Crippen LogP contribution in [0.3, 0.4) is 0 Å². The minimum absolute atomic E-state index is 0.00264. The normalized spacial score (nSPS) is 30.6. The smallest absolute Gasteiger partial charge is 0.238 e. The van der Waals surface area contributed by atoms with Crippen LogP contribution in [0.5, 0.6) is 5.75 Å². The van der Waals surface area contributed by atoms with E-state index in [9.17, 15) is 39.0 Å². The number of benzene rings is 1. The Kier molecular flexibility index (Phi) is 8.06. The van der Waals surface area contributed by atoms with Gasteiger partial charge in [0.05, 0.1) is 41.8 Å². The van der Waals surface area contributed by atoms with Gasteiger partial charge in [0.2, 0.25) is 11.8 Å². The third-order valence-electron chi connectivity index (χ3n) is 8.58. The summed E-state index contributed by atoms with van der Waals surface area (Å²) < 4.78 is 5.77. The summed E-state index contributed by atoms with van der Waals surface area (Å²) in [6, 6.07) is 0.207. The topological polar surface area (TPSA) is 200 Å². The molecule has 0 aromatic heterocycles. The lowest BCUT2D eigenvalue weighted by Crippen LogP contribution is -2.77. The van der Waals surface area contributed by atoms with Crippen molar-refractivity contribution in [2.24, 2.45) is 29.4 Å². The maximum absolute atomic E-state index is 14.2. The largest absolute Gasteiger partial charge is 0.505 e. The molecule has 0 radical (unpaired) electrons. The molecule has 42 heavy (non-hydrogen) atoms. The number of nitrogens with one attached hydrogen (secondary N) is 1. The molecular formula is C28H37N5O9. The van der Waals surface area contributed by atoms with Gasteiger partial charge in [-0.05, 0) is 46.2 Å². The van der Waals surface area contributed by atoms with Crippen molar-refractivity contribution in [3.8, 4) is 5.75 Å². The number of nitrogens with two attached hydrogens (primary N) is 1. The molecule has 0 saturated heterocycles. The number of carbonyl (C=O) groups excluding carboxylic acids is 6. The van der Waals surface area contributed by atoms with Crippen molar-refractivity contribution < 1.29 is 43.7 Å². The van der Waals surface area contributed by atoms with Gasteiger partial charge in [-0.2, -0.15) is 0 Å². The van der Waals surface area contributed by atoms with Gasteiger partial charge < -0.3 is 35.8 Å². The fourth-order valence-electron chi connectivity index (χ4n) is 6.93. The van der Waals surface area contributed by atoms with Crippen molar-refractivity contribution in [1.82, 2.24) is 9.80 Å². The lowest BCUT2D eigenvalue weighted by atomic mass is 9.51. The molecule has 0 aliphatic heterocycles. The maximum Gasteiger partial charge on any atom is 0.238 e. The fourth-order valence-corrected chi connectivity index (χ4v) is 6.93. The number of hydrogen-bond donors (Lipinski definition) is 4. The number of phenolic OH excluding ortho intramolecular Hbond substituents is 1. The predicted molar refractivity (Wildman–Crippen MR) is 149 cm³/mol. The van der Waals surface area contributed by atoms with Crippen LogP contribution in [-0.2, 0) is 35.1 Å². The zero-order chi connectivity index (χ0) is 31.6. The summed E-state index contributed by atoms with van der Waals surface area (Å²) in [6.07, 6.45) is -1.17. The third-order valence-corrected chi connectivity index (χ3v) is 8.58. The first kappa shape index (κ1) is 31.2. The average molecular weight is 588 g/mol. The number of ether oxygens (including phenoxy) is 1. The van der Waals surface area contributed by atoms with E-state index in [1.807, 2.05) is 0 Å². The lowest BCUT2D eigenvalue weighted by molar-refractivity contribution is -0.198. The zero-order valence-corrected chi connectivity index (χ0v) is 24.6.